The zero-order valence-corrected chi connectivity index (χ0v) is 18.4. The molecule has 0 aromatic heterocycles. The van der Waals surface area contributed by atoms with Crippen LogP contribution < -0.4 is 20.1 Å². The fourth-order valence-corrected chi connectivity index (χ4v) is 3.30. The normalized spacial score (nSPS) is 11.3. The van der Waals surface area contributed by atoms with E-state index in [-0.39, 0.29) is 12.6 Å². The van der Waals surface area contributed by atoms with Crippen LogP contribution in [0.2, 0.25) is 5.02 Å². The third kappa shape index (κ3) is 5.98. The molecule has 0 saturated heterocycles. The van der Waals surface area contributed by atoms with E-state index in [4.69, 9.17) is 38.0 Å². The Morgan fingerprint density at radius 1 is 1.10 bits per heavy atom. The predicted molar refractivity (Wildman–Crippen MR) is 119 cm³/mol. The molecule has 0 unspecified atom stereocenters. The topological polar surface area (TPSA) is 68.8 Å². The van der Waals surface area contributed by atoms with Crippen molar-refractivity contribution in [2.24, 2.45) is 0 Å². The summed E-state index contributed by atoms with van der Waals surface area (Å²) in [6.45, 7) is 4.09. The molecule has 156 valence electrons. The van der Waals surface area contributed by atoms with Gasteiger partial charge in [0, 0.05) is 5.69 Å². The molecule has 0 aliphatic heterocycles. The average molecular weight is 437 g/mol. The molecule has 1 atom stereocenters. The second kappa shape index (κ2) is 10.9. The highest BCUT2D eigenvalue weighted by Crippen LogP contribution is 2.31. The minimum atomic E-state index is -0.454. The first kappa shape index (κ1) is 22.8. The standard InChI is InChI=1S/C21H25ClN2O4S/c1-5-17(13-7-10-18(26-3)19(11-13)27-4)24-21(29)23-14-8-9-15(16(22)12-14)20(25)28-6-2/h7-12,17H,5-6H2,1-4H3,(H2,23,24,29)/t17-/m1/s1. The maximum atomic E-state index is 11.9. The van der Waals surface area contributed by atoms with Gasteiger partial charge < -0.3 is 24.8 Å². The van der Waals surface area contributed by atoms with Crippen LogP contribution in [0.1, 0.15) is 42.2 Å². The van der Waals surface area contributed by atoms with Crippen LogP contribution in [-0.4, -0.2) is 31.9 Å². The summed E-state index contributed by atoms with van der Waals surface area (Å²) in [6, 6.07) is 10.7. The number of ether oxygens (including phenoxy) is 3. The van der Waals surface area contributed by atoms with Crippen LogP contribution in [0.3, 0.4) is 0 Å². The average Bonchev–Trinajstić information content (AvgIpc) is 2.71. The second-order valence-corrected chi connectivity index (χ2v) is 6.90. The molecular weight excluding hydrogens is 412 g/mol. The van der Waals surface area contributed by atoms with Gasteiger partial charge in [-0.1, -0.05) is 24.6 Å². The van der Waals surface area contributed by atoms with Crippen LogP contribution in [0.25, 0.3) is 0 Å². The summed E-state index contributed by atoms with van der Waals surface area (Å²) in [5.74, 6) is 0.873. The molecule has 0 bridgehead atoms. The maximum Gasteiger partial charge on any atom is 0.339 e. The van der Waals surface area contributed by atoms with Crippen molar-refractivity contribution in [3.8, 4) is 11.5 Å². The number of carbonyl (C=O) groups excluding carboxylic acids is 1. The summed E-state index contributed by atoms with van der Waals surface area (Å²) in [6.07, 6.45) is 0.805. The summed E-state index contributed by atoms with van der Waals surface area (Å²) < 4.78 is 15.6. The highest BCUT2D eigenvalue weighted by Gasteiger charge is 2.15. The van der Waals surface area contributed by atoms with Gasteiger partial charge in [0.15, 0.2) is 16.6 Å². The van der Waals surface area contributed by atoms with Gasteiger partial charge in [-0.25, -0.2) is 4.79 Å². The molecule has 0 spiro atoms. The van der Waals surface area contributed by atoms with E-state index in [2.05, 4.69) is 17.6 Å². The summed E-state index contributed by atoms with van der Waals surface area (Å²) in [7, 11) is 3.20. The third-order valence-electron chi connectivity index (χ3n) is 4.25. The molecule has 2 aromatic carbocycles. The molecule has 0 amide bonds. The number of thiocarbonyl (C=S) groups is 1. The minimum absolute atomic E-state index is 0.0240. The van der Waals surface area contributed by atoms with Crippen molar-refractivity contribution in [2.45, 2.75) is 26.3 Å². The number of halogens is 1. The predicted octanol–water partition coefficient (Wildman–Crippen LogP) is 4.97. The molecule has 0 radical (unpaired) electrons. The van der Waals surface area contributed by atoms with E-state index in [1.165, 1.54) is 0 Å². The molecule has 8 heteroatoms. The molecule has 2 rings (SSSR count). The van der Waals surface area contributed by atoms with Crippen molar-refractivity contribution >= 4 is 40.6 Å². The van der Waals surface area contributed by atoms with E-state index in [9.17, 15) is 4.79 Å². The Hall–Kier alpha value is -2.51. The van der Waals surface area contributed by atoms with E-state index >= 15 is 0 Å². The lowest BCUT2D eigenvalue weighted by atomic mass is 10.0. The van der Waals surface area contributed by atoms with Gasteiger partial charge in [-0.3, -0.25) is 0 Å². The quantitative estimate of drug-likeness (QED) is 0.447. The smallest absolute Gasteiger partial charge is 0.339 e. The van der Waals surface area contributed by atoms with Crippen molar-refractivity contribution < 1.29 is 19.0 Å². The lowest BCUT2D eigenvalue weighted by Gasteiger charge is -2.21. The van der Waals surface area contributed by atoms with E-state index in [1.807, 2.05) is 18.2 Å². The monoisotopic (exact) mass is 436 g/mol. The van der Waals surface area contributed by atoms with Crippen molar-refractivity contribution in [3.63, 3.8) is 0 Å². The number of nitrogens with one attached hydrogen (secondary N) is 2. The van der Waals surface area contributed by atoms with Crippen LogP contribution >= 0.6 is 23.8 Å². The van der Waals surface area contributed by atoms with Crippen LogP contribution in [0.5, 0.6) is 11.5 Å². The zero-order chi connectivity index (χ0) is 21.4. The van der Waals surface area contributed by atoms with Crippen LogP contribution in [0.15, 0.2) is 36.4 Å². The number of benzene rings is 2. The maximum absolute atomic E-state index is 11.9. The second-order valence-electron chi connectivity index (χ2n) is 6.09. The van der Waals surface area contributed by atoms with E-state index in [1.54, 1.807) is 39.3 Å². The number of esters is 1. The number of anilines is 1. The van der Waals surface area contributed by atoms with Gasteiger partial charge in [0.25, 0.3) is 0 Å². The summed E-state index contributed by atoms with van der Waals surface area (Å²) >= 11 is 11.6. The molecule has 6 nitrogen and oxygen atoms in total. The molecule has 0 fully saturated rings. The molecule has 0 heterocycles. The molecule has 0 saturated carbocycles. The van der Waals surface area contributed by atoms with Crippen molar-refractivity contribution in [2.75, 3.05) is 26.1 Å². The van der Waals surface area contributed by atoms with Gasteiger partial charge in [0.2, 0.25) is 0 Å². The Morgan fingerprint density at radius 3 is 2.41 bits per heavy atom. The van der Waals surface area contributed by atoms with Crippen LogP contribution in [0, 0.1) is 0 Å². The van der Waals surface area contributed by atoms with Gasteiger partial charge in [0.1, 0.15) is 0 Å². The highest BCUT2D eigenvalue weighted by molar-refractivity contribution is 7.80. The largest absolute Gasteiger partial charge is 0.493 e. The summed E-state index contributed by atoms with van der Waals surface area (Å²) in [5.41, 5.74) is 2.00. The number of hydrogen-bond acceptors (Lipinski definition) is 5. The lowest BCUT2D eigenvalue weighted by Crippen LogP contribution is -2.32. The number of carbonyl (C=O) groups is 1. The zero-order valence-electron chi connectivity index (χ0n) is 16.9. The summed E-state index contributed by atoms with van der Waals surface area (Å²) in [4.78, 5) is 11.9. The van der Waals surface area contributed by atoms with Gasteiger partial charge in [0.05, 0.1) is 37.5 Å². The van der Waals surface area contributed by atoms with E-state index < -0.39 is 5.97 Å². The Balaban J connectivity index is 2.09. The fourth-order valence-electron chi connectivity index (χ4n) is 2.78. The number of rotatable bonds is 8. The van der Waals surface area contributed by atoms with Crippen molar-refractivity contribution in [1.29, 1.82) is 0 Å². The van der Waals surface area contributed by atoms with Gasteiger partial charge in [-0.2, -0.15) is 0 Å². The summed E-state index contributed by atoms with van der Waals surface area (Å²) in [5, 5.41) is 7.11. The molecular formula is C21H25ClN2O4S. The minimum Gasteiger partial charge on any atom is -0.493 e. The SMILES string of the molecule is CCOC(=O)c1ccc(NC(=S)N[C@H](CC)c2ccc(OC)c(OC)c2)cc1Cl. The Kier molecular flexibility index (Phi) is 8.54. The third-order valence-corrected chi connectivity index (χ3v) is 4.78. The molecule has 29 heavy (non-hydrogen) atoms. The molecule has 0 aliphatic rings. The van der Waals surface area contributed by atoms with Crippen molar-refractivity contribution in [1.82, 2.24) is 5.32 Å². The fraction of sp³-hybridized carbons (Fsp3) is 0.333. The van der Waals surface area contributed by atoms with Crippen LogP contribution in [0.4, 0.5) is 5.69 Å². The van der Waals surface area contributed by atoms with E-state index in [0.717, 1.165) is 12.0 Å². The molecule has 2 aromatic rings. The van der Waals surface area contributed by atoms with Gasteiger partial charge in [-0.15, -0.1) is 0 Å². The molecule has 0 aliphatic carbocycles. The Labute approximate surface area is 181 Å². The number of methoxy groups -OCH3 is 2. The lowest BCUT2D eigenvalue weighted by molar-refractivity contribution is 0.0526. The highest BCUT2D eigenvalue weighted by atomic mass is 35.5. The first-order chi connectivity index (χ1) is 13.9. The molecule has 2 N–H and O–H groups in total. The van der Waals surface area contributed by atoms with Gasteiger partial charge >= 0.3 is 5.97 Å². The van der Waals surface area contributed by atoms with E-state index in [0.29, 0.717) is 32.9 Å². The first-order valence-electron chi connectivity index (χ1n) is 9.19. The Bertz CT molecular complexity index is 876. The van der Waals surface area contributed by atoms with Gasteiger partial charge in [-0.05, 0) is 61.5 Å². The van der Waals surface area contributed by atoms with Crippen LogP contribution in [-0.2, 0) is 4.74 Å². The number of hydrogen-bond donors (Lipinski definition) is 2. The van der Waals surface area contributed by atoms with Crippen molar-refractivity contribution in [3.05, 3.63) is 52.5 Å². The Morgan fingerprint density at radius 2 is 1.83 bits per heavy atom. The first-order valence-corrected chi connectivity index (χ1v) is 9.98.